The fourth-order valence-corrected chi connectivity index (χ4v) is 3.95. The Morgan fingerprint density at radius 1 is 1.41 bits per heavy atom. The highest BCUT2D eigenvalue weighted by molar-refractivity contribution is 7.16. The molecule has 1 unspecified atom stereocenters. The zero-order chi connectivity index (χ0) is 12.1. The Morgan fingerprint density at radius 2 is 2.29 bits per heavy atom. The zero-order valence-electron chi connectivity index (χ0n) is 10.6. The second kappa shape index (κ2) is 6.77. The third-order valence-electron chi connectivity index (χ3n) is 3.50. The maximum absolute atomic E-state index is 6.11. The summed E-state index contributed by atoms with van der Waals surface area (Å²) in [4.78, 5) is 1.51. The Morgan fingerprint density at radius 3 is 3.12 bits per heavy atom. The van der Waals surface area contributed by atoms with Gasteiger partial charge in [0.1, 0.15) is 0 Å². The second-order valence-electron chi connectivity index (χ2n) is 4.89. The smallest absolute Gasteiger partial charge is 0.0934 e. The van der Waals surface area contributed by atoms with Crippen LogP contribution in [-0.2, 0) is 6.42 Å². The van der Waals surface area contributed by atoms with Crippen molar-refractivity contribution in [3.63, 3.8) is 0 Å². The van der Waals surface area contributed by atoms with Crippen LogP contribution in [-0.4, -0.2) is 6.54 Å². The molecule has 1 nitrogen and oxygen atoms in total. The van der Waals surface area contributed by atoms with Crippen molar-refractivity contribution in [1.29, 1.82) is 0 Å². The molecular formula is C14H22ClNS. The van der Waals surface area contributed by atoms with E-state index in [-0.39, 0.29) is 0 Å². The van der Waals surface area contributed by atoms with Crippen LogP contribution < -0.4 is 5.32 Å². The van der Waals surface area contributed by atoms with Crippen molar-refractivity contribution in [3.05, 3.63) is 20.8 Å². The Bertz CT molecular complexity index is 348. The van der Waals surface area contributed by atoms with Gasteiger partial charge < -0.3 is 5.32 Å². The van der Waals surface area contributed by atoms with Gasteiger partial charge in [-0.05, 0) is 43.9 Å². The predicted molar refractivity (Wildman–Crippen MR) is 77.2 cm³/mol. The van der Waals surface area contributed by atoms with Crippen LogP contribution in [0.15, 0.2) is 6.07 Å². The molecule has 1 heterocycles. The van der Waals surface area contributed by atoms with E-state index in [4.69, 9.17) is 11.6 Å². The summed E-state index contributed by atoms with van der Waals surface area (Å²) in [5, 5.41) is 3.70. The first-order chi connectivity index (χ1) is 8.31. The molecule has 96 valence electrons. The average molecular weight is 272 g/mol. The summed E-state index contributed by atoms with van der Waals surface area (Å²) in [6.07, 6.45) is 9.13. The normalized spacial score (nSPS) is 19.3. The molecule has 0 bridgehead atoms. The van der Waals surface area contributed by atoms with Gasteiger partial charge >= 0.3 is 0 Å². The van der Waals surface area contributed by atoms with E-state index in [0.29, 0.717) is 6.04 Å². The lowest BCUT2D eigenvalue weighted by Crippen LogP contribution is -2.25. The van der Waals surface area contributed by atoms with Gasteiger partial charge in [0.15, 0.2) is 0 Å². The summed E-state index contributed by atoms with van der Waals surface area (Å²) in [5.41, 5.74) is 1.47. The molecule has 1 N–H and O–H groups in total. The fourth-order valence-electron chi connectivity index (χ4n) is 2.56. The number of unbranched alkanes of at least 4 members (excludes halogenated alkanes) is 3. The Labute approximate surface area is 114 Å². The molecule has 0 aliphatic heterocycles. The van der Waals surface area contributed by atoms with E-state index in [0.717, 1.165) is 10.9 Å². The van der Waals surface area contributed by atoms with Crippen molar-refractivity contribution < 1.29 is 0 Å². The van der Waals surface area contributed by atoms with Crippen molar-refractivity contribution >= 4 is 22.9 Å². The van der Waals surface area contributed by atoms with Gasteiger partial charge in [-0.3, -0.25) is 0 Å². The summed E-state index contributed by atoms with van der Waals surface area (Å²) in [6, 6.07) is 2.73. The summed E-state index contributed by atoms with van der Waals surface area (Å²) in [5.74, 6) is 0. The monoisotopic (exact) mass is 271 g/mol. The highest BCUT2D eigenvalue weighted by Gasteiger charge is 2.21. The van der Waals surface area contributed by atoms with Crippen LogP contribution in [0.2, 0.25) is 4.34 Å². The summed E-state index contributed by atoms with van der Waals surface area (Å²) < 4.78 is 0.953. The minimum Gasteiger partial charge on any atom is -0.310 e. The van der Waals surface area contributed by atoms with E-state index in [9.17, 15) is 0 Å². The Kier molecular flexibility index (Phi) is 5.33. The summed E-state index contributed by atoms with van der Waals surface area (Å²) >= 11 is 7.88. The van der Waals surface area contributed by atoms with E-state index in [2.05, 4.69) is 18.3 Å². The van der Waals surface area contributed by atoms with Gasteiger partial charge in [0.25, 0.3) is 0 Å². The van der Waals surface area contributed by atoms with Crippen LogP contribution in [0.5, 0.6) is 0 Å². The Balaban J connectivity index is 1.82. The summed E-state index contributed by atoms with van der Waals surface area (Å²) in [6.45, 7) is 3.41. The van der Waals surface area contributed by atoms with Crippen LogP contribution in [0.4, 0.5) is 0 Å². The average Bonchev–Trinajstić information content (AvgIpc) is 2.70. The molecule has 3 heteroatoms. The molecule has 0 fully saturated rings. The maximum atomic E-state index is 6.11. The first kappa shape index (κ1) is 13.4. The van der Waals surface area contributed by atoms with Crippen LogP contribution in [0.3, 0.4) is 0 Å². The van der Waals surface area contributed by atoms with Gasteiger partial charge in [0.05, 0.1) is 4.34 Å². The standard InChI is InChI=1S/C14H22ClNS/c1-2-3-4-5-9-16-12-7-6-8-13-11(12)10-14(15)17-13/h10,12,16H,2-9H2,1H3. The highest BCUT2D eigenvalue weighted by atomic mass is 35.5. The number of thiophene rings is 1. The predicted octanol–water partition coefficient (Wildman–Crippen LogP) is 4.95. The van der Waals surface area contributed by atoms with Crippen molar-refractivity contribution in [2.24, 2.45) is 0 Å². The number of rotatable bonds is 6. The minimum absolute atomic E-state index is 0.559. The number of halogens is 1. The molecule has 0 saturated carbocycles. The third kappa shape index (κ3) is 3.70. The molecule has 0 spiro atoms. The third-order valence-corrected chi connectivity index (χ3v) is 4.84. The lowest BCUT2D eigenvalue weighted by Gasteiger charge is -2.23. The van der Waals surface area contributed by atoms with E-state index >= 15 is 0 Å². The topological polar surface area (TPSA) is 12.0 Å². The van der Waals surface area contributed by atoms with Gasteiger partial charge in [0.2, 0.25) is 0 Å². The molecule has 17 heavy (non-hydrogen) atoms. The lowest BCUT2D eigenvalue weighted by molar-refractivity contribution is 0.453. The number of aryl methyl sites for hydroxylation is 1. The molecule has 1 atom stereocenters. The quantitative estimate of drug-likeness (QED) is 0.722. The van der Waals surface area contributed by atoms with Gasteiger partial charge in [-0.15, -0.1) is 11.3 Å². The fraction of sp³-hybridized carbons (Fsp3) is 0.714. The van der Waals surface area contributed by atoms with E-state index in [1.807, 2.05) is 0 Å². The molecule has 1 aliphatic carbocycles. The molecule has 2 rings (SSSR count). The highest BCUT2D eigenvalue weighted by Crippen LogP contribution is 2.37. The number of nitrogens with one attached hydrogen (secondary N) is 1. The SMILES string of the molecule is CCCCCCNC1CCCc2sc(Cl)cc21. The molecule has 0 aromatic carbocycles. The van der Waals surface area contributed by atoms with Crippen molar-refractivity contribution in [3.8, 4) is 0 Å². The van der Waals surface area contributed by atoms with Crippen molar-refractivity contribution in [1.82, 2.24) is 5.32 Å². The number of hydrogen-bond acceptors (Lipinski definition) is 2. The van der Waals surface area contributed by atoms with Gasteiger partial charge in [-0.2, -0.15) is 0 Å². The van der Waals surface area contributed by atoms with Gasteiger partial charge in [-0.25, -0.2) is 0 Å². The minimum atomic E-state index is 0.559. The van der Waals surface area contributed by atoms with Crippen LogP contribution >= 0.6 is 22.9 Å². The van der Waals surface area contributed by atoms with Crippen LogP contribution in [0, 0.1) is 0 Å². The van der Waals surface area contributed by atoms with E-state index in [1.165, 1.54) is 55.4 Å². The molecule has 1 aliphatic rings. The van der Waals surface area contributed by atoms with Gasteiger partial charge in [0, 0.05) is 10.9 Å². The zero-order valence-corrected chi connectivity index (χ0v) is 12.2. The molecule has 0 saturated heterocycles. The number of fused-ring (bicyclic) bond motifs is 1. The van der Waals surface area contributed by atoms with E-state index < -0.39 is 0 Å². The second-order valence-corrected chi connectivity index (χ2v) is 6.66. The van der Waals surface area contributed by atoms with Crippen LogP contribution in [0.1, 0.15) is 61.9 Å². The van der Waals surface area contributed by atoms with E-state index in [1.54, 1.807) is 11.3 Å². The number of hydrogen-bond donors (Lipinski definition) is 1. The largest absolute Gasteiger partial charge is 0.310 e. The van der Waals surface area contributed by atoms with Crippen molar-refractivity contribution in [2.75, 3.05) is 6.54 Å². The Hall–Kier alpha value is -0.0500. The van der Waals surface area contributed by atoms with Crippen molar-refractivity contribution in [2.45, 2.75) is 57.9 Å². The summed E-state index contributed by atoms with van der Waals surface area (Å²) in [7, 11) is 0. The maximum Gasteiger partial charge on any atom is 0.0934 e. The molecule has 0 amide bonds. The molecular weight excluding hydrogens is 250 g/mol. The van der Waals surface area contributed by atoms with Crippen LogP contribution in [0.25, 0.3) is 0 Å². The van der Waals surface area contributed by atoms with Gasteiger partial charge in [-0.1, -0.05) is 37.8 Å². The molecule has 0 radical (unpaired) electrons. The molecule has 1 aromatic rings. The first-order valence-corrected chi connectivity index (χ1v) is 8.02. The lowest BCUT2D eigenvalue weighted by atomic mass is 9.94. The first-order valence-electron chi connectivity index (χ1n) is 6.82. The molecule has 1 aromatic heterocycles.